The highest BCUT2D eigenvalue weighted by Gasteiger charge is 2.10. The lowest BCUT2D eigenvalue weighted by Crippen LogP contribution is -2.03. The lowest BCUT2D eigenvalue weighted by atomic mass is 10.1. The summed E-state index contributed by atoms with van der Waals surface area (Å²) < 4.78 is 0. The third-order valence-electron chi connectivity index (χ3n) is 3.25. The summed E-state index contributed by atoms with van der Waals surface area (Å²) in [5.41, 5.74) is 3.16. The van der Waals surface area contributed by atoms with Gasteiger partial charge in [0.15, 0.2) is 0 Å². The lowest BCUT2D eigenvalue weighted by Gasteiger charge is -2.12. The Morgan fingerprint density at radius 1 is 1.24 bits per heavy atom. The topological polar surface area (TPSA) is 75.4 Å². The standard InChI is InChI=1S/C15H15ClN2O3/c1-9-6-15(19)10(2)5-14(9)17-8-11-7-12(18(20)21)3-4-13(11)16/h3-7,17,19H,8H2,1-2H3. The monoisotopic (exact) mass is 306 g/mol. The highest BCUT2D eigenvalue weighted by Crippen LogP contribution is 2.27. The van der Waals surface area contributed by atoms with E-state index in [-0.39, 0.29) is 11.4 Å². The van der Waals surface area contributed by atoms with Crippen LogP contribution in [0.4, 0.5) is 11.4 Å². The van der Waals surface area contributed by atoms with E-state index >= 15 is 0 Å². The van der Waals surface area contributed by atoms with Crippen molar-refractivity contribution in [2.45, 2.75) is 20.4 Å². The van der Waals surface area contributed by atoms with Crippen LogP contribution in [0.15, 0.2) is 30.3 Å². The number of halogens is 1. The van der Waals surface area contributed by atoms with Gasteiger partial charge in [-0.2, -0.15) is 0 Å². The second-order valence-corrected chi connectivity index (χ2v) is 5.25. The van der Waals surface area contributed by atoms with Crippen LogP contribution in [0, 0.1) is 24.0 Å². The molecular weight excluding hydrogens is 292 g/mol. The van der Waals surface area contributed by atoms with Gasteiger partial charge in [-0.25, -0.2) is 0 Å². The number of nitrogens with zero attached hydrogens (tertiary/aromatic N) is 1. The number of anilines is 1. The summed E-state index contributed by atoms with van der Waals surface area (Å²) in [4.78, 5) is 10.3. The van der Waals surface area contributed by atoms with Gasteiger partial charge < -0.3 is 10.4 Å². The highest BCUT2D eigenvalue weighted by molar-refractivity contribution is 6.31. The average Bonchev–Trinajstić information content (AvgIpc) is 2.42. The van der Waals surface area contributed by atoms with E-state index in [0.29, 0.717) is 17.1 Å². The third kappa shape index (κ3) is 3.44. The van der Waals surface area contributed by atoms with Crippen molar-refractivity contribution in [1.29, 1.82) is 0 Å². The predicted molar refractivity (Wildman–Crippen MR) is 83.0 cm³/mol. The van der Waals surface area contributed by atoms with Crippen molar-refractivity contribution >= 4 is 23.0 Å². The Morgan fingerprint density at radius 3 is 2.62 bits per heavy atom. The minimum Gasteiger partial charge on any atom is -0.508 e. The maximum Gasteiger partial charge on any atom is 0.269 e. The van der Waals surface area contributed by atoms with Crippen LogP contribution >= 0.6 is 11.6 Å². The zero-order chi connectivity index (χ0) is 15.6. The number of aryl methyl sites for hydroxylation is 2. The van der Waals surface area contributed by atoms with E-state index in [0.717, 1.165) is 16.8 Å². The molecule has 2 aromatic carbocycles. The summed E-state index contributed by atoms with van der Waals surface area (Å²) in [5, 5.41) is 24.1. The number of hydrogen-bond donors (Lipinski definition) is 2. The number of benzene rings is 2. The fourth-order valence-electron chi connectivity index (χ4n) is 1.99. The molecule has 0 aromatic heterocycles. The number of nitro benzene ring substituents is 1. The molecule has 0 radical (unpaired) electrons. The molecule has 21 heavy (non-hydrogen) atoms. The average molecular weight is 307 g/mol. The second-order valence-electron chi connectivity index (χ2n) is 4.84. The number of phenolic OH excluding ortho intramolecular Hbond substituents is 1. The first kappa shape index (κ1) is 15.1. The molecule has 2 N–H and O–H groups in total. The summed E-state index contributed by atoms with van der Waals surface area (Å²) in [6, 6.07) is 7.86. The maximum absolute atomic E-state index is 10.8. The van der Waals surface area contributed by atoms with Crippen LogP contribution in [0.1, 0.15) is 16.7 Å². The van der Waals surface area contributed by atoms with Crippen molar-refractivity contribution < 1.29 is 10.0 Å². The number of aromatic hydroxyl groups is 1. The van der Waals surface area contributed by atoms with Gasteiger partial charge >= 0.3 is 0 Å². The molecule has 2 rings (SSSR count). The smallest absolute Gasteiger partial charge is 0.269 e. The molecule has 0 fully saturated rings. The van der Waals surface area contributed by atoms with Crippen LogP contribution in [-0.4, -0.2) is 10.0 Å². The van der Waals surface area contributed by atoms with Gasteiger partial charge in [-0.3, -0.25) is 10.1 Å². The number of rotatable bonds is 4. The number of nitro groups is 1. The summed E-state index contributed by atoms with van der Waals surface area (Å²) >= 11 is 6.06. The van der Waals surface area contributed by atoms with Crippen molar-refractivity contribution in [2.24, 2.45) is 0 Å². The first-order chi connectivity index (χ1) is 9.88. The molecule has 0 aliphatic rings. The van der Waals surface area contributed by atoms with Crippen molar-refractivity contribution in [3.05, 3.63) is 62.2 Å². The Morgan fingerprint density at radius 2 is 1.95 bits per heavy atom. The molecule has 0 amide bonds. The van der Waals surface area contributed by atoms with E-state index in [1.165, 1.54) is 18.2 Å². The molecule has 0 saturated carbocycles. The Bertz CT molecular complexity index is 702. The highest BCUT2D eigenvalue weighted by atomic mass is 35.5. The Hall–Kier alpha value is -2.27. The van der Waals surface area contributed by atoms with Gasteiger partial charge in [0.05, 0.1) is 4.92 Å². The van der Waals surface area contributed by atoms with Crippen LogP contribution in [0.5, 0.6) is 5.75 Å². The molecule has 110 valence electrons. The Kier molecular flexibility index (Phi) is 4.33. The van der Waals surface area contributed by atoms with Crippen molar-refractivity contribution in [3.8, 4) is 5.75 Å². The second kappa shape index (κ2) is 6.01. The lowest BCUT2D eigenvalue weighted by molar-refractivity contribution is -0.384. The summed E-state index contributed by atoms with van der Waals surface area (Å²) in [6.45, 7) is 4.04. The van der Waals surface area contributed by atoms with Crippen LogP contribution in [0.3, 0.4) is 0 Å². The molecular formula is C15H15ClN2O3. The molecule has 0 saturated heterocycles. The normalized spacial score (nSPS) is 10.4. The Labute approximate surface area is 127 Å². The fourth-order valence-corrected chi connectivity index (χ4v) is 2.18. The van der Waals surface area contributed by atoms with Crippen LogP contribution < -0.4 is 5.32 Å². The zero-order valence-corrected chi connectivity index (χ0v) is 12.4. The van der Waals surface area contributed by atoms with Gasteiger partial charge in [-0.15, -0.1) is 0 Å². The Balaban J connectivity index is 2.22. The van der Waals surface area contributed by atoms with Crippen LogP contribution in [-0.2, 0) is 6.54 Å². The zero-order valence-electron chi connectivity index (χ0n) is 11.7. The summed E-state index contributed by atoms with van der Waals surface area (Å²) in [7, 11) is 0. The minimum absolute atomic E-state index is 0.00908. The molecule has 0 aliphatic heterocycles. The molecule has 0 heterocycles. The first-order valence-electron chi connectivity index (χ1n) is 6.35. The van der Waals surface area contributed by atoms with E-state index in [9.17, 15) is 15.2 Å². The maximum atomic E-state index is 10.8. The van der Waals surface area contributed by atoms with E-state index < -0.39 is 4.92 Å². The SMILES string of the molecule is Cc1cc(NCc2cc([N+](=O)[O-])ccc2Cl)c(C)cc1O. The summed E-state index contributed by atoms with van der Waals surface area (Å²) in [5.74, 6) is 0.242. The van der Waals surface area contributed by atoms with E-state index in [4.69, 9.17) is 11.6 Å². The molecule has 2 aromatic rings. The number of phenols is 1. The quantitative estimate of drug-likeness (QED) is 0.504. The van der Waals surface area contributed by atoms with E-state index in [1.807, 2.05) is 13.0 Å². The molecule has 5 nitrogen and oxygen atoms in total. The van der Waals surface area contributed by atoms with E-state index in [1.54, 1.807) is 13.0 Å². The van der Waals surface area contributed by atoms with Gasteiger partial charge in [-0.1, -0.05) is 11.6 Å². The van der Waals surface area contributed by atoms with Gasteiger partial charge in [0.2, 0.25) is 0 Å². The van der Waals surface area contributed by atoms with Gasteiger partial charge in [0.25, 0.3) is 5.69 Å². The van der Waals surface area contributed by atoms with Crippen molar-refractivity contribution in [2.75, 3.05) is 5.32 Å². The number of hydrogen-bond acceptors (Lipinski definition) is 4. The molecule has 0 aliphatic carbocycles. The molecule has 6 heteroatoms. The molecule has 0 unspecified atom stereocenters. The van der Waals surface area contributed by atoms with Crippen LogP contribution in [0.25, 0.3) is 0 Å². The largest absolute Gasteiger partial charge is 0.508 e. The molecule has 0 atom stereocenters. The number of nitrogens with one attached hydrogen (secondary N) is 1. The van der Waals surface area contributed by atoms with Crippen molar-refractivity contribution in [1.82, 2.24) is 0 Å². The molecule has 0 spiro atoms. The fraction of sp³-hybridized carbons (Fsp3) is 0.200. The van der Waals surface area contributed by atoms with Gasteiger partial charge in [0.1, 0.15) is 5.75 Å². The third-order valence-corrected chi connectivity index (χ3v) is 3.62. The first-order valence-corrected chi connectivity index (χ1v) is 6.73. The van der Waals surface area contributed by atoms with Gasteiger partial charge in [0, 0.05) is 29.4 Å². The van der Waals surface area contributed by atoms with E-state index in [2.05, 4.69) is 5.32 Å². The molecule has 0 bridgehead atoms. The van der Waals surface area contributed by atoms with Gasteiger partial charge in [-0.05, 0) is 48.7 Å². The summed E-state index contributed by atoms with van der Waals surface area (Å²) in [6.07, 6.45) is 0. The number of non-ortho nitro benzene ring substituents is 1. The van der Waals surface area contributed by atoms with Crippen LogP contribution in [0.2, 0.25) is 5.02 Å². The predicted octanol–water partition coefficient (Wildman–Crippen LogP) is 4.18. The van der Waals surface area contributed by atoms with Crippen molar-refractivity contribution in [3.63, 3.8) is 0 Å². The minimum atomic E-state index is -0.449.